The molecule has 0 heterocycles. The summed E-state index contributed by atoms with van der Waals surface area (Å²) < 4.78 is 62.9. The van der Waals surface area contributed by atoms with Crippen LogP contribution in [0.1, 0.15) is 19.4 Å². The van der Waals surface area contributed by atoms with Gasteiger partial charge in [0.1, 0.15) is 0 Å². The normalized spacial score (nSPS) is 11.3. The molecule has 7 heteroatoms. The third kappa shape index (κ3) is 4.29. The molecule has 0 N–H and O–H groups in total. The van der Waals surface area contributed by atoms with Gasteiger partial charge in [-0.3, -0.25) is 0 Å². The van der Waals surface area contributed by atoms with Crippen molar-refractivity contribution in [3.05, 3.63) is 34.9 Å². The van der Waals surface area contributed by atoms with Gasteiger partial charge in [0, 0.05) is 13.2 Å². The minimum Gasteiger partial charge on any atom is -0.394 e. The Morgan fingerprint density at radius 2 is 1.53 bits per heavy atom. The zero-order valence-electron chi connectivity index (χ0n) is 10.7. The molecule has 0 aliphatic rings. The molecule has 0 amide bonds. The highest BCUT2D eigenvalue weighted by atomic mass is 28.3. The van der Waals surface area contributed by atoms with E-state index in [2.05, 4.69) is 0 Å². The van der Waals surface area contributed by atoms with Crippen LogP contribution in [0.5, 0.6) is 0 Å². The molecule has 0 aromatic heterocycles. The van der Waals surface area contributed by atoms with Crippen molar-refractivity contribution in [2.75, 3.05) is 13.2 Å². The average Bonchev–Trinajstić information content (AvgIpc) is 2.39. The first-order valence-corrected chi connectivity index (χ1v) is 7.46. The van der Waals surface area contributed by atoms with E-state index in [0.717, 1.165) is 0 Å². The lowest BCUT2D eigenvalue weighted by atomic mass is 10.1. The van der Waals surface area contributed by atoms with Crippen LogP contribution >= 0.6 is 0 Å². The molecule has 19 heavy (non-hydrogen) atoms. The van der Waals surface area contributed by atoms with Gasteiger partial charge in [-0.2, -0.15) is 0 Å². The van der Waals surface area contributed by atoms with Gasteiger partial charge in [0.05, 0.1) is 0 Å². The minimum atomic E-state index is -1.79. The van der Waals surface area contributed by atoms with Crippen LogP contribution in [0.3, 0.4) is 0 Å². The van der Waals surface area contributed by atoms with Gasteiger partial charge >= 0.3 is 9.28 Å². The van der Waals surface area contributed by atoms with Crippen LogP contribution in [-0.4, -0.2) is 22.5 Å². The van der Waals surface area contributed by atoms with Crippen LogP contribution in [-0.2, 0) is 15.3 Å². The van der Waals surface area contributed by atoms with E-state index < -0.39 is 32.6 Å². The van der Waals surface area contributed by atoms with Gasteiger partial charge in [0.25, 0.3) is 0 Å². The molecule has 0 fully saturated rings. The first-order chi connectivity index (χ1) is 9.01. The molecule has 1 aromatic rings. The van der Waals surface area contributed by atoms with Gasteiger partial charge in [0.15, 0.2) is 23.3 Å². The molecule has 107 valence electrons. The Morgan fingerprint density at radius 1 is 0.947 bits per heavy atom. The molecule has 1 aromatic carbocycles. The van der Waals surface area contributed by atoms with Crippen LogP contribution < -0.4 is 0 Å². The lowest BCUT2D eigenvalue weighted by molar-refractivity contribution is 0.213. The largest absolute Gasteiger partial charge is 0.394 e. The van der Waals surface area contributed by atoms with Crippen molar-refractivity contribution in [2.24, 2.45) is 0 Å². The maximum Gasteiger partial charge on any atom is 0.384 e. The Balaban J connectivity index is 2.76. The van der Waals surface area contributed by atoms with Crippen molar-refractivity contribution in [3.8, 4) is 0 Å². The molecular formula is C12H15F4O2Si. The summed E-state index contributed by atoms with van der Waals surface area (Å²) in [7, 11) is -1.60. The van der Waals surface area contributed by atoms with Gasteiger partial charge < -0.3 is 8.85 Å². The van der Waals surface area contributed by atoms with E-state index in [1.54, 1.807) is 13.8 Å². The third-order valence-electron chi connectivity index (χ3n) is 2.39. The van der Waals surface area contributed by atoms with Crippen molar-refractivity contribution in [1.29, 1.82) is 0 Å². The highest BCUT2D eigenvalue weighted by Crippen LogP contribution is 2.20. The molecule has 0 aliphatic carbocycles. The first-order valence-electron chi connectivity index (χ1n) is 5.94. The number of aryl methyl sites for hydroxylation is 1. The van der Waals surface area contributed by atoms with E-state index in [1.165, 1.54) is 0 Å². The number of hydrogen-bond donors (Lipinski definition) is 0. The molecule has 0 atom stereocenters. The predicted octanol–water partition coefficient (Wildman–Crippen LogP) is 3.35. The van der Waals surface area contributed by atoms with E-state index in [0.29, 0.717) is 25.3 Å². The van der Waals surface area contributed by atoms with Gasteiger partial charge in [-0.25, -0.2) is 17.6 Å². The van der Waals surface area contributed by atoms with E-state index >= 15 is 0 Å². The van der Waals surface area contributed by atoms with Crippen LogP contribution in [0.2, 0.25) is 6.04 Å². The van der Waals surface area contributed by atoms with Crippen molar-refractivity contribution in [1.82, 2.24) is 0 Å². The van der Waals surface area contributed by atoms with Gasteiger partial charge in [-0.05, 0) is 37.9 Å². The maximum absolute atomic E-state index is 13.4. The molecule has 1 rings (SSSR count). The van der Waals surface area contributed by atoms with Crippen LogP contribution in [0.4, 0.5) is 17.6 Å². The summed E-state index contributed by atoms with van der Waals surface area (Å²) in [5, 5.41) is 0. The Bertz CT molecular complexity index is 423. The predicted molar refractivity (Wildman–Crippen MR) is 63.8 cm³/mol. The Labute approximate surface area is 111 Å². The smallest absolute Gasteiger partial charge is 0.384 e. The molecule has 0 spiro atoms. The van der Waals surface area contributed by atoms with Gasteiger partial charge in [0.2, 0.25) is 0 Å². The van der Waals surface area contributed by atoms with Crippen molar-refractivity contribution >= 4 is 9.28 Å². The minimum absolute atomic E-state index is 0.0360. The molecule has 0 saturated carbocycles. The number of hydrogen-bond acceptors (Lipinski definition) is 2. The highest BCUT2D eigenvalue weighted by Gasteiger charge is 2.21. The van der Waals surface area contributed by atoms with E-state index in [-0.39, 0.29) is 12.0 Å². The van der Waals surface area contributed by atoms with E-state index in [9.17, 15) is 17.6 Å². The SMILES string of the molecule is CCO[Si](CCc1cc(F)c(F)c(F)c1F)OCC. The quantitative estimate of drug-likeness (QED) is 0.332. The maximum atomic E-state index is 13.4. The fraction of sp³-hybridized carbons (Fsp3) is 0.500. The lowest BCUT2D eigenvalue weighted by Crippen LogP contribution is -2.23. The molecule has 0 unspecified atom stereocenters. The molecule has 0 saturated heterocycles. The fourth-order valence-electron chi connectivity index (χ4n) is 1.55. The molecular weight excluding hydrogens is 280 g/mol. The molecule has 0 bridgehead atoms. The second-order valence-electron chi connectivity index (χ2n) is 3.70. The summed E-state index contributed by atoms with van der Waals surface area (Å²) in [6.45, 7) is 4.48. The van der Waals surface area contributed by atoms with Crippen LogP contribution in [0, 0.1) is 23.3 Å². The average molecular weight is 295 g/mol. The van der Waals surface area contributed by atoms with E-state index in [4.69, 9.17) is 8.85 Å². The first kappa shape index (κ1) is 16.1. The Kier molecular flexibility index (Phi) is 6.46. The molecule has 1 radical (unpaired) electrons. The summed E-state index contributed by atoms with van der Waals surface area (Å²) in [6.07, 6.45) is 0.0360. The fourth-order valence-corrected chi connectivity index (χ4v) is 3.04. The van der Waals surface area contributed by atoms with Crippen molar-refractivity contribution in [2.45, 2.75) is 26.3 Å². The number of rotatable bonds is 7. The van der Waals surface area contributed by atoms with Crippen LogP contribution in [0.15, 0.2) is 6.07 Å². The van der Waals surface area contributed by atoms with Gasteiger partial charge in [-0.1, -0.05) is 0 Å². The third-order valence-corrected chi connectivity index (χ3v) is 4.27. The summed E-state index contributed by atoms with van der Waals surface area (Å²) in [5.74, 6) is -6.32. The standard InChI is InChI=1S/C12H15F4O2Si/c1-3-17-19(18-4-2)6-5-8-7-9(13)11(15)12(16)10(8)14/h7H,3-6H2,1-2H3. The topological polar surface area (TPSA) is 18.5 Å². The lowest BCUT2D eigenvalue weighted by Gasteiger charge is -2.13. The zero-order chi connectivity index (χ0) is 14.4. The highest BCUT2D eigenvalue weighted by molar-refractivity contribution is 6.44. The molecule has 0 aliphatic heterocycles. The zero-order valence-corrected chi connectivity index (χ0v) is 11.7. The summed E-state index contributed by atoms with van der Waals surface area (Å²) >= 11 is 0. The van der Waals surface area contributed by atoms with E-state index in [1.807, 2.05) is 0 Å². The van der Waals surface area contributed by atoms with Crippen molar-refractivity contribution < 1.29 is 26.4 Å². The second kappa shape index (κ2) is 7.61. The van der Waals surface area contributed by atoms with Crippen LogP contribution in [0.25, 0.3) is 0 Å². The second-order valence-corrected chi connectivity index (χ2v) is 5.52. The Hall–Kier alpha value is -0.923. The Morgan fingerprint density at radius 3 is 2.05 bits per heavy atom. The summed E-state index contributed by atoms with van der Waals surface area (Å²) in [5.41, 5.74) is -0.210. The summed E-state index contributed by atoms with van der Waals surface area (Å²) in [6, 6.07) is 0.999. The van der Waals surface area contributed by atoms with Gasteiger partial charge in [-0.15, -0.1) is 0 Å². The number of benzene rings is 1. The number of halogens is 4. The molecule has 2 nitrogen and oxygen atoms in total. The monoisotopic (exact) mass is 295 g/mol. The van der Waals surface area contributed by atoms with Crippen molar-refractivity contribution in [3.63, 3.8) is 0 Å². The summed E-state index contributed by atoms with van der Waals surface area (Å²) in [4.78, 5) is 0.